The van der Waals surface area contributed by atoms with Crippen LogP contribution in [0, 0.1) is 0 Å². The molecule has 0 amide bonds. The lowest BCUT2D eigenvalue weighted by atomic mass is 10.1. The summed E-state index contributed by atoms with van der Waals surface area (Å²) in [7, 11) is 0. The lowest BCUT2D eigenvalue weighted by Crippen LogP contribution is -2.32. The number of hydrogen-bond acceptors (Lipinski definition) is 4. The van der Waals surface area contributed by atoms with Gasteiger partial charge in [0.1, 0.15) is 11.8 Å². The summed E-state index contributed by atoms with van der Waals surface area (Å²) in [5.74, 6) is 0.976. The molecule has 0 bridgehead atoms. The second kappa shape index (κ2) is 7.17. The molecule has 0 spiro atoms. The van der Waals surface area contributed by atoms with Gasteiger partial charge in [0.15, 0.2) is 0 Å². The van der Waals surface area contributed by atoms with Crippen LogP contribution in [0.2, 0.25) is 0 Å². The zero-order chi connectivity index (χ0) is 14.4. The van der Waals surface area contributed by atoms with Gasteiger partial charge in [0, 0.05) is 11.5 Å². The molecule has 3 N–H and O–H groups in total. The molecule has 0 unspecified atom stereocenters. The van der Waals surface area contributed by atoms with Crippen molar-refractivity contribution in [2.24, 2.45) is 5.73 Å². The van der Waals surface area contributed by atoms with Crippen LogP contribution in [0.4, 0.5) is 0 Å². The predicted molar refractivity (Wildman–Crippen MR) is 82.4 cm³/mol. The Morgan fingerprint density at radius 1 is 1.25 bits per heavy atom. The van der Waals surface area contributed by atoms with E-state index >= 15 is 0 Å². The maximum Gasteiger partial charge on any atom is 0.321 e. The van der Waals surface area contributed by atoms with E-state index in [1.54, 1.807) is 0 Å². The van der Waals surface area contributed by atoms with Crippen molar-refractivity contribution in [3.63, 3.8) is 0 Å². The molecule has 1 atom stereocenters. The summed E-state index contributed by atoms with van der Waals surface area (Å²) in [5.41, 5.74) is 5.41. The van der Waals surface area contributed by atoms with Gasteiger partial charge in [0.25, 0.3) is 0 Å². The molecule has 5 heteroatoms. The summed E-state index contributed by atoms with van der Waals surface area (Å²) in [6.07, 6.45) is 0. The van der Waals surface area contributed by atoms with Crippen LogP contribution in [0.25, 0.3) is 10.8 Å². The zero-order valence-electron chi connectivity index (χ0n) is 11.0. The van der Waals surface area contributed by atoms with Gasteiger partial charge in [-0.05, 0) is 22.9 Å². The Bertz CT molecular complexity index is 588. The number of benzene rings is 2. The third-order valence-electron chi connectivity index (χ3n) is 2.83. The van der Waals surface area contributed by atoms with Gasteiger partial charge in [-0.3, -0.25) is 4.79 Å². The van der Waals surface area contributed by atoms with E-state index in [1.807, 2.05) is 36.4 Å². The van der Waals surface area contributed by atoms with Crippen LogP contribution in [0.15, 0.2) is 42.5 Å². The number of nitrogens with two attached hydrogens (primary N) is 1. The van der Waals surface area contributed by atoms with Crippen LogP contribution in [0.3, 0.4) is 0 Å². The van der Waals surface area contributed by atoms with Gasteiger partial charge < -0.3 is 15.6 Å². The van der Waals surface area contributed by atoms with Crippen molar-refractivity contribution in [3.05, 3.63) is 42.5 Å². The van der Waals surface area contributed by atoms with E-state index in [1.165, 1.54) is 17.1 Å². The minimum Gasteiger partial charge on any atom is -0.493 e. The minimum atomic E-state index is -0.965. The SMILES string of the molecule is N[C@@H](CSCCOc1ccc2ccccc2c1)C(=O)O. The molecule has 0 heterocycles. The smallest absolute Gasteiger partial charge is 0.321 e. The first-order valence-electron chi connectivity index (χ1n) is 6.34. The second-order valence-corrected chi connectivity index (χ2v) is 5.53. The molecule has 106 valence electrons. The predicted octanol–water partition coefficient (Wildman–Crippen LogP) is 2.36. The molecule has 0 radical (unpaired) electrons. The number of carboxylic acid groups (broad SMARTS) is 1. The van der Waals surface area contributed by atoms with E-state index in [-0.39, 0.29) is 0 Å². The van der Waals surface area contributed by atoms with Crippen LogP contribution in [0.5, 0.6) is 5.75 Å². The molecule has 0 aliphatic heterocycles. The fraction of sp³-hybridized carbons (Fsp3) is 0.267. The lowest BCUT2D eigenvalue weighted by Gasteiger charge is -2.08. The van der Waals surface area contributed by atoms with Gasteiger partial charge in [-0.15, -0.1) is 0 Å². The van der Waals surface area contributed by atoms with Crippen LogP contribution < -0.4 is 10.5 Å². The van der Waals surface area contributed by atoms with Crippen LogP contribution >= 0.6 is 11.8 Å². The van der Waals surface area contributed by atoms with Gasteiger partial charge in [-0.2, -0.15) is 11.8 Å². The van der Waals surface area contributed by atoms with Gasteiger partial charge in [-0.1, -0.05) is 30.3 Å². The highest BCUT2D eigenvalue weighted by molar-refractivity contribution is 7.99. The van der Waals surface area contributed by atoms with Gasteiger partial charge in [0.2, 0.25) is 0 Å². The van der Waals surface area contributed by atoms with Gasteiger partial charge >= 0.3 is 5.97 Å². The molecule has 0 fully saturated rings. The molecule has 0 aliphatic carbocycles. The summed E-state index contributed by atoms with van der Waals surface area (Å²) in [6.45, 7) is 0.537. The number of hydrogen-bond donors (Lipinski definition) is 2. The largest absolute Gasteiger partial charge is 0.493 e. The quantitative estimate of drug-likeness (QED) is 0.766. The van der Waals surface area contributed by atoms with Crippen LogP contribution in [0.1, 0.15) is 0 Å². The van der Waals surface area contributed by atoms with Gasteiger partial charge in [0.05, 0.1) is 6.61 Å². The first kappa shape index (κ1) is 14.7. The van der Waals surface area contributed by atoms with Crippen molar-refractivity contribution < 1.29 is 14.6 Å². The first-order valence-corrected chi connectivity index (χ1v) is 7.50. The molecule has 20 heavy (non-hydrogen) atoms. The van der Waals surface area contributed by atoms with E-state index < -0.39 is 12.0 Å². The molecular formula is C15H17NO3S. The molecule has 2 aromatic rings. The van der Waals surface area contributed by atoms with Crippen molar-refractivity contribution in [2.75, 3.05) is 18.1 Å². The first-order chi connectivity index (χ1) is 9.66. The van der Waals surface area contributed by atoms with E-state index in [2.05, 4.69) is 6.07 Å². The Hall–Kier alpha value is -1.72. The summed E-state index contributed by atoms with van der Waals surface area (Å²) in [6, 6.07) is 13.3. The zero-order valence-corrected chi connectivity index (χ0v) is 11.8. The lowest BCUT2D eigenvalue weighted by molar-refractivity contribution is -0.137. The molecular weight excluding hydrogens is 274 g/mol. The number of ether oxygens (including phenoxy) is 1. The highest BCUT2D eigenvalue weighted by atomic mass is 32.2. The fourth-order valence-corrected chi connectivity index (χ4v) is 2.52. The minimum absolute atomic E-state index is 0.399. The molecule has 0 saturated heterocycles. The molecule has 2 aromatic carbocycles. The Kier molecular flexibility index (Phi) is 5.26. The Morgan fingerprint density at radius 3 is 2.75 bits per heavy atom. The van der Waals surface area contributed by atoms with Crippen LogP contribution in [-0.2, 0) is 4.79 Å². The number of carboxylic acids is 1. The second-order valence-electron chi connectivity index (χ2n) is 4.38. The molecule has 0 aliphatic rings. The number of aliphatic carboxylic acids is 1. The summed E-state index contributed by atoms with van der Waals surface area (Å²) in [4.78, 5) is 10.5. The molecule has 4 nitrogen and oxygen atoms in total. The number of carbonyl (C=O) groups is 1. The normalized spacial score (nSPS) is 12.2. The Labute approximate surface area is 121 Å². The van der Waals surface area contributed by atoms with E-state index in [0.29, 0.717) is 18.1 Å². The summed E-state index contributed by atoms with van der Waals surface area (Å²) >= 11 is 1.48. The van der Waals surface area contributed by atoms with E-state index in [9.17, 15) is 4.79 Å². The molecule has 0 saturated carbocycles. The maximum atomic E-state index is 10.5. The highest BCUT2D eigenvalue weighted by Crippen LogP contribution is 2.20. The topological polar surface area (TPSA) is 72.5 Å². The third kappa shape index (κ3) is 4.15. The number of thioether (sulfide) groups is 1. The Morgan fingerprint density at radius 2 is 2.00 bits per heavy atom. The highest BCUT2D eigenvalue weighted by Gasteiger charge is 2.10. The van der Waals surface area contributed by atoms with Crippen molar-refractivity contribution in [1.29, 1.82) is 0 Å². The monoisotopic (exact) mass is 291 g/mol. The van der Waals surface area contributed by atoms with E-state index in [0.717, 1.165) is 11.1 Å². The van der Waals surface area contributed by atoms with Crippen molar-refractivity contribution in [3.8, 4) is 5.75 Å². The van der Waals surface area contributed by atoms with Crippen molar-refractivity contribution in [1.82, 2.24) is 0 Å². The number of rotatable bonds is 7. The van der Waals surface area contributed by atoms with Crippen LogP contribution in [-0.4, -0.2) is 35.2 Å². The van der Waals surface area contributed by atoms with E-state index in [4.69, 9.17) is 15.6 Å². The van der Waals surface area contributed by atoms with Gasteiger partial charge in [-0.25, -0.2) is 0 Å². The average Bonchev–Trinajstić information content (AvgIpc) is 2.46. The Balaban J connectivity index is 1.77. The maximum absolute atomic E-state index is 10.5. The third-order valence-corrected chi connectivity index (χ3v) is 3.88. The summed E-state index contributed by atoms with van der Waals surface area (Å²) < 4.78 is 5.65. The summed E-state index contributed by atoms with van der Waals surface area (Å²) in [5, 5.41) is 11.0. The number of fused-ring (bicyclic) bond motifs is 1. The fourth-order valence-electron chi connectivity index (χ4n) is 1.76. The molecule has 2 rings (SSSR count). The average molecular weight is 291 g/mol. The van der Waals surface area contributed by atoms with Crippen molar-refractivity contribution in [2.45, 2.75) is 6.04 Å². The van der Waals surface area contributed by atoms with Crippen molar-refractivity contribution >= 4 is 28.5 Å². The standard InChI is InChI=1S/C15H17NO3S/c16-14(15(17)18)10-20-8-7-19-13-6-5-11-3-1-2-4-12(11)9-13/h1-6,9,14H,7-8,10,16H2,(H,17,18)/t14-/m0/s1. The molecule has 0 aromatic heterocycles.